The third-order valence-corrected chi connectivity index (χ3v) is 5.01. The Labute approximate surface area is 156 Å². The Morgan fingerprint density at radius 3 is 2.88 bits per heavy atom. The third kappa shape index (κ3) is 4.17. The van der Waals surface area contributed by atoms with Gasteiger partial charge in [-0.1, -0.05) is 29.3 Å². The predicted molar refractivity (Wildman–Crippen MR) is 94.6 cm³/mol. The van der Waals surface area contributed by atoms with E-state index in [0.717, 1.165) is 12.8 Å². The van der Waals surface area contributed by atoms with Crippen LogP contribution in [0.5, 0.6) is 0 Å². The van der Waals surface area contributed by atoms with Gasteiger partial charge in [-0.05, 0) is 37.5 Å². The largest absolute Gasteiger partial charge is 0.460 e. The Balaban J connectivity index is 1.85. The van der Waals surface area contributed by atoms with Crippen LogP contribution in [0.2, 0.25) is 10.0 Å². The molecular formula is C18H19Cl2NO4. The van der Waals surface area contributed by atoms with E-state index in [1.165, 1.54) is 0 Å². The molecule has 1 fully saturated rings. The summed E-state index contributed by atoms with van der Waals surface area (Å²) in [6.45, 7) is 2.60. The second kappa shape index (κ2) is 7.77. The van der Waals surface area contributed by atoms with E-state index in [1.807, 2.05) is 0 Å². The fourth-order valence-corrected chi connectivity index (χ4v) is 3.78. The van der Waals surface area contributed by atoms with Crippen molar-refractivity contribution in [3.05, 3.63) is 45.1 Å². The molecule has 1 saturated heterocycles. The molecule has 0 saturated carbocycles. The number of nitrogens with one attached hydrogen (secondary N) is 1. The van der Waals surface area contributed by atoms with Gasteiger partial charge in [0.15, 0.2) is 0 Å². The molecule has 2 atom stereocenters. The Hall–Kier alpha value is -1.56. The second-order valence-corrected chi connectivity index (χ2v) is 7.09. The van der Waals surface area contributed by atoms with Crippen molar-refractivity contribution in [2.75, 3.05) is 13.2 Å². The monoisotopic (exact) mass is 383 g/mol. The van der Waals surface area contributed by atoms with Crippen molar-refractivity contribution in [3.8, 4) is 0 Å². The van der Waals surface area contributed by atoms with Crippen molar-refractivity contribution >= 4 is 35.1 Å². The molecule has 1 aromatic carbocycles. The van der Waals surface area contributed by atoms with Gasteiger partial charge in [0.05, 0.1) is 11.7 Å². The van der Waals surface area contributed by atoms with Gasteiger partial charge in [0.1, 0.15) is 6.61 Å². The molecule has 2 aliphatic heterocycles. The van der Waals surface area contributed by atoms with Gasteiger partial charge < -0.3 is 14.8 Å². The lowest BCUT2D eigenvalue weighted by atomic mass is 9.84. The minimum absolute atomic E-state index is 0.0550. The van der Waals surface area contributed by atoms with Crippen molar-refractivity contribution in [1.29, 1.82) is 0 Å². The van der Waals surface area contributed by atoms with Crippen molar-refractivity contribution in [1.82, 2.24) is 5.32 Å². The number of halogens is 2. The van der Waals surface area contributed by atoms with Gasteiger partial charge in [0, 0.05) is 34.7 Å². The first kappa shape index (κ1) is 18.2. The molecule has 1 N–H and O–H groups in total. The number of hydrogen-bond acceptors (Lipinski definition) is 4. The zero-order valence-corrected chi connectivity index (χ0v) is 15.3. The molecule has 0 aliphatic carbocycles. The predicted octanol–water partition coefficient (Wildman–Crippen LogP) is 3.59. The minimum atomic E-state index is -0.462. The van der Waals surface area contributed by atoms with E-state index in [9.17, 15) is 9.59 Å². The Morgan fingerprint density at radius 1 is 1.40 bits per heavy atom. The lowest BCUT2D eigenvalue weighted by molar-refractivity contribution is -0.142. The zero-order valence-electron chi connectivity index (χ0n) is 13.8. The number of ether oxygens (including phenoxy) is 2. The summed E-state index contributed by atoms with van der Waals surface area (Å²) in [5.41, 5.74) is 1.59. The standard InChI is InChI=1S/C18H19Cl2NO4/c1-10-17(18(23)25-9-12-3-2-6-24-12)14(8-16(22)21-10)13-5-4-11(19)7-15(13)20/h4-5,7,12,14H,2-3,6,8-9H2,1H3,(H,21,22)/t12-,14+/m1/s1. The first-order valence-corrected chi connectivity index (χ1v) is 8.95. The van der Waals surface area contributed by atoms with Crippen molar-refractivity contribution in [2.45, 2.75) is 38.2 Å². The van der Waals surface area contributed by atoms with Crippen LogP contribution >= 0.6 is 23.2 Å². The maximum absolute atomic E-state index is 12.7. The van der Waals surface area contributed by atoms with Crippen LogP contribution in [0.25, 0.3) is 0 Å². The summed E-state index contributed by atoms with van der Waals surface area (Å²) in [6, 6.07) is 5.05. The first-order chi connectivity index (χ1) is 12.0. The highest BCUT2D eigenvalue weighted by Gasteiger charge is 2.34. The molecule has 0 spiro atoms. The van der Waals surface area contributed by atoms with Gasteiger partial charge in [0.25, 0.3) is 0 Å². The van der Waals surface area contributed by atoms with Crippen LogP contribution in [0.3, 0.4) is 0 Å². The summed E-state index contributed by atoms with van der Waals surface area (Å²) in [5.74, 6) is -1.08. The van der Waals surface area contributed by atoms with Crippen molar-refractivity contribution in [3.63, 3.8) is 0 Å². The number of esters is 1. The summed E-state index contributed by atoms with van der Waals surface area (Å²) in [5, 5.41) is 3.63. The Kier molecular flexibility index (Phi) is 5.67. The van der Waals surface area contributed by atoms with Crippen LogP contribution in [0, 0.1) is 0 Å². The van der Waals surface area contributed by atoms with E-state index in [4.69, 9.17) is 32.7 Å². The number of rotatable bonds is 4. The highest BCUT2D eigenvalue weighted by atomic mass is 35.5. The van der Waals surface area contributed by atoms with Gasteiger partial charge in [-0.3, -0.25) is 4.79 Å². The fraction of sp³-hybridized carbons (Fsp3) is 0.444. The molecule has 0 bridgehead atoms. The summed E-state index contributed by atoms with van der Waals surface area (Å²) in [7, 11) is 0. The van der Waals surface area contributed by atoms with Crippen LogP contribution < -0.4 is 5.32 Å². The van der Waals surface area contributed by atoms with Gasteiger partial charge >= 0.3 is 5.97 Å². The van der Waals surface area contributed by atoms with Gasteiger partial charge in [-0.2, -0.15) is 0 Å². The number of allylic oxidation sites excluding steroid dienone is 1. The van der Waals surface area contributed by atoms with E-state index in [0.29, 0.717) is 33.5 Å². The van der Waals surface area contributed by atoms with Crippen LogP contribution in [-0.4, -0.2) is 31.2 Å². The van der Waals surface area contributed by atoms with E-state index < -0.39 is 11.9 Å². The molecule has 5 nitrogen and oxygen atoms in total. The molecular weight excluding hydrogens is 365 g/mol. The smallest absolute Gasteiger partial charge is 0.336 e. The third-order valence-electron chi connectivity index (χ3n) is 4.45. The molecule has 7 heteroatoms. The Morgan fingerprint density at radius 2 is 2.20 bits per heavy atom. The van der Waals surface area contributed by atoms with Crippen LogP contribution in [0.1, 0.15) is 37.7 Å². The van der Waals surface area contributed by atoms with Gasteiger partial charge in [-0.15, -0.1) is 0 Å². The molecule has 1 aromatic rings. The normalized spacial score (nSPS) is 23.6. The number of carbonyl (C=O) groups excluding carboxylic acids is 2. The summed E-state index contributed by atoms with van der Waals surface area (Å²) in [4.78, 5) is 24.7. The average Bonchev–Trinajstić information content (AvgIpc) is 3.05. The van der Waals surface area contributed by atoms with Gasteiger partial charge in [0.2, 0.25) is 5.91 Å². The molecule has 0 radical (unpaired) electrons. The van der Waals surface area contributed by atoms with Crippen molar-refractivity contribution < 1.29 is 19.1 Å². The van der Waals surface area contributed by atoms with Crippen LogP contribution in [0.4, 0.5) is 0 Å². The van der Waals surface area contributed by atoms with E-state index in [-0.39, 0.29) is 25.0 Å². The van der Waals surface area contributed by atoms with Crippen LogP contribution in [0.15, 0.2) is 29.5 Å². The number of hydrogen-bond donors (Lipinski definition) is 1. The second-order valence-electron chi connectivity index (χ2n) is 6.24. The Bertz CT molecular complexity index is 726. The summed E-state index contributed by atoms with van der Waals surface area (Å²) in [6.07, 6.45) is 1.93. The molecule has 3 rings (SSSR count). The van der Waals surface area contributed by atoms with Crippen molar-refractivity contribution in [2.24, 2.45) is 0 Å². The molecule has 0 unspecified atom stereocenters. The zero-order chi connectivity index (χ0) is 18.0. The molecule has 2 heterocycles. The lowest BCUT2D eigenvalue weighted by Gasteiger charge is -2.27. The highest BCUT2D eigenvalue weighted by Crippen LogP contribution is 2.38. The molecule has 2 aliphatic rings. The number of amides is 1. The van der Waals surface area contributed by atoms with E-state index >= 15 is 0 Å². The maximum atomic E-state index is 12.7. The maximum Gasteiger partial charge on any atom is 0.336 e. The molecule has 1 amide bonds. The van der Waals surface area contributed by atoms with Crippen LogP contribution in [-0.2, 0) is 19.1 Å². The quantitative estimate of drug-likeness (QED) is 0.806. The number of benzene rings is 1. The average molecular weight is 384 g/mol. The molecule has 0 aromatic heterocycles. The number of carbonyl (C=O) groups is 2. The molecule has 25 heavy (non-hydrogen) atoms. The van der Waals surface area contributed by atoms with E-state index in [2.05, 4.69) is 5.32 Å². The SMILES string of the molecule is CC1=C(C(=O)OC[C@H]2CCCO2)[C@H](c2ccc(Cl)cc2Cl)CC(=O)N1. The minimum Gasteiger partial charge on any atom is -0.460 e. The first-order valence-electron chi connectivity index (χ1n) is 8.20. The molecule has 134 valence electrons. The highest BCUT2D eigenvalue weighted by molar-refractivity contribution is 6.35. The summed E-state index contributed by atoms with van der Waals surface area (Å²) >= 11 is 12.3. The van der Waals surface area contributed by atoms with Gasteiger partial charge in [-0.25, -0.2) is 4.79 Å². The summed E-state index contributed by atoms with van der Waals surface area (Å²) < 4.78 is 10.9. The lowest BCUT2D eigenvalue weighted by Crippen LogP contribution is -2.34. The fourth-order valence-electron chi connectivity index (χ4n) is 3.24. The van der Waals surface area contributed by atoms with E-state index in [1.54, 1.807) is 25.1 Å². The topological polar surface area (TPSA) is 64.6 Å².